The summed E-state index contributed by atoms with van der Waals surface area (Å²) >= 11 is 5.72. The normalized spacial score (nSPS) is 11.4. The van der Waals surface area contributed by atoms with Crippen LogP contribution >= 0.6 is 11.6 Å². The molecule has 0 atom stereocenters. The van der Waals surface area contributed by atoms with Crippen LogP contribution in [0.15, 0.2) is 41.3 Å². The molecule has 0 fully saturated rings. The Morgan fingerprint density at radius 2 is 1.70 bits per heavy atom. The van der Waals surface area contributed by atoms with Crippen molar-refractivity contribution in [2.24, 2.45) is 0 Å². The van der Waals surface area contributed by atoms with E-state index in [-0.39, 0.29) is 28.7 Å². The van der Waals surface area contributed by atoms with Gasteiger partial charge in [0.25, 0.3) is 5.91 Å². The number of esters is 1. The molecule has 0 unspecified atom stereocenters. The van der Waals surface area contributed by atoms with Crippen LogP contribution in [0.2, 0.25) is 5.02 Å². The van der Waals surface area contributed by atoms with Crippen molar-refractivity contribution in [1.29, 1.82) is 0 Å². The summed E-state index contributed by atoms with van der Waals surface area (Å²) in [6, 6.07) is 6.20. The van der Waals surface area contributed by atoms with Crippen molar-refractivity contribution in [3.8, 4) is 0 Å². The number of halogens is 3. The molecule has 0 aliphatic heterocycles. The van der Waals surface area contributed by atoms with Crippen LogP contribution in [0.25, 0.3) is 0 Å². The molecule has 0 aliphatic rings. The Hall–Kier alpha value is -2.56. The Morgan fingerprint density at radius 3 is 2.33 bits per heavy atom. The number of amides is 1. The fourth-order valence-corrected chi connectivity index (χ4v) is 4.18. The van der Waals surface area contributed by atoms with Gasteiger partial charge in [0.2, 0.25) is 10.0 Å². The molecule has 7 nitrogen and oxygen atoms in total. The molecule has 2 aromatic carbocycles. The molecule has 1 N–H and O–H groups in total. The number of nitrogens with one attached hydrogen (secondary N) is 1. The molecule has 2 aromatic rings. The zero-order valence-corrected chi connectivity index (χ0v) is 17.7. The number of sulfonamides is 1. The molecule has 0 aromatic heterocycles. The first-order valence-electron chi connectivity index (χ1n) is 8.81. The average molecular weight is 461 g/mol. The van der Waals surface area contributed by atoms with Gasteiger partial charge in [0.1, 0.15) is 11.6 Å². The van der Waals surface area contributed by atoms with Crippen LogP contribution < -0.4 is 5.32 Å². The second-order valence-electron chi connectivity index (χ2n) is 5.98. The summed E-state index contributed by atoms with van der Waals surface area (Å²) in [5, 5.41) is 2.34. The second-order valence-corrected chi connectivity index (χ2v) is 8.35. The fourth-order valence-electron chi connectivity index (χ4n) is 2.52. The Kier molecular flexibility index (Phi) is 7.88. The molecule has 0 aliphatic carbocycles. The van der Waals surface area contributed by atoms with Crippen LogP contribution in [0.1, 0.15) is 24.2 Å². The van der Waals surface area contributed by atoms with Crippen molar-refractivity contribution >= 4 is 39.2 Å². The highest BCUT2D eigenvalue weighted by Crippen LogP contribution is 2.21. The van der Waals surface area contributed by atoms with Crippen molar-refractivity contribution in [3.63, 3.8) is 0 Å². The highest BCUT2D eigenvalue weighted by molar-refractivity contribution is 7.89. The number of benzene rings is 2. The fraction of sp³-hybridized carbons (Fsp3) is 0.263. The van der Waals surface area contributed by atoms with Crippen molar-refractivity contribution in [2.45, 2.75) is 18.7 Å². The lowest BCUT2D eigenvalue weighted by Crippen LogP contribution is -2.30. The molecule has 0 heterocycles. The Bertz CT molecular complexity index is 1060. The molecule has 0 saturated heterocycles. The number of ether oxygens (including phenoxy) is 1. The lowest BCUT2D eigenvalue weighted by atomic mass is 10.2. The van der Waals surface area contributed by atoms with Gasteiger partial charge in [0.05, 0.1) is 16.1 Å². The predicted molar refractivity (Wildman–Crippen MR) is 107 cm³/mol. The van der Waals surface area contributed by atoms with E-state index in [0.29, 0.717) is 0 Å². The molecule has 162 valence electrons. The van der Waals surface area contributed by atoms with Gasteiger partial charge in [-0.25, -0.2) is 22.0 Å². The first kappa shape index (κ1) is 23.7. The van der Waals surface area contributed by atoms with Crippen LogP contribution in [0, 0.1) is 11.6 Å². The topological polar surface area (TPSA) is 92.8 Å². The van der Waals surface area contributed by atoms with E-state index >= 15 is 0 Å². The molecular formula is C19H19ClF2N2O5S. The smallest absolute Gasteiger partial charge is 0.341 e. The summed E-state index contributed by atoms with van der Waals surface area (Å²) in [6.45, 7) is 2.81. The maximum absolute atomic E-state index is 14.1. The maximum atomic E-state index is 14.1. The third-order valence-electron chi connectivity index (χ3n) is 4.04. The summed E-state index contributed by atoms with van der Waals surface area (Å²) in [5.74, 6) is -3.90. The highest BCUT2D eigenvalue weighted by Gasteiger charge is 2.25. The number of carbonyl (C=O) groups excluding carboxylic acids is 2. The SMILES string of the molecule is CCN(CC)S(=O)(=O)c1ccc(F)c(C(=O)OCC(=O)Nc2cc(Cl)ccc2F)c1. The Balaban J connectivity index is 2.13. The van der Waals surface area contributed by atoms with E-state index in [1.165, 1.54) is 6.07 Å². The minimum absolute atomic E-state index is 0.178. The van der Waals surface area contributed by atoms with Gasteiger partial charge in [-0.1, -0.05) is 25.4 Å². The minimum Gasteiger partial charge on any atom is -0.452 e. The van der Waals surface area contributed by atoms with Crippen LogP contribution in [-0.2, 0) is 19.6 Å². The van der Waals surface area contributed by atoms with Gasteiger partial charge in [-0.05, 0) is 36.4 Å². The Morgan fingerprint density at radius 1 is 1.07 bits per heavy atom. The van der Waals surface area contributed by atoms with E-state index in [4.69, 9.17) is 16.3 Å². The first-order valence-corrected chi connectivity index (χ1v) is 10.6. The molecule has 0 radical (unpaired) electrons. The van der Waals surface area contributed by atoms with Crippen LogP contribution in [0.3, 0.4) is 0 Å². The summed E-state index contributed by atoms with van der Waals surface area (Å²) in [4.78, 5) is 23.8. The molecule has 0 saturated carbocycles. The van der Waals surface area contributed by atoms with Gasteiger partial charge in [0, 0.05) is 18.1 Å². The quantitative estimate of drug-likeness (QED) is 0.609. The number of hydrogen-bond donors (Lipinski definition) is 1. The zero-order valence-electron chi connectivity index (χ0n) is 16.1. The second kappa shape index (κ2) is 9.96. The molecule has 30 heavy (non-hydrogen) atoms. The summed E-state index contributed by atoms with van der Waals surface area (Å²) in [5.41, 5.74) is -0.869. The standard InChI is InChI=1S/C19H19ClF2N2O5S/c1-3-24(4-2)30(27,28)13-6-8-15(21)14(10-13)19(26)29-11-18(25)23-17-9-12(20)5-7-16(17)22/h5-10H,3-4,11H2,1-2H3,(H,23,25). The third-order valence-corrected chi connectivity index (χ3v) is 6.32. The third kappa shape index (κ3) is 5.53. The summed E-state index contributed by atoms with van der Waals surface area (Å²) in [7, 11) is -3.93. The van der Waals surface area contributed by atoms with E-state index < -0.39 is 45.7 Å². The molecular weight excluding hydrogens is 442 g/mol. The highest BCUT2D eigenvalue weighted by atomic mass is 35.5. The lowest BCUT2D eigenvalue weighted by Gasteiger charge is -2.18. The van der Waals surface area contributed by atoms with E-state index in [2.05, 4.69) is 5.32 Å². The van der Waals surface area contributed by atoms with E-state index in [9.17, 15) is 26.8 Å². The van der Waals surface area contributed by atoms with Gasteiger partial charge in [0.15, 0.2) is 6.61 Å². The molecule has 0 spiro atoms. The van der Waals surface area contributed by atoms with Crippen LogP contribution in [0.4, 0.5) is 14.5 Å². The number of nitrogens with zero attached hydrogens (tertiary/aromatic N) is 1. The summed E-state index contributed by atoms with van der Waals surface area (Å²) in [6.07, 6.45) is 0. The largest absolute Gasteiger partial charge is 0.452 e. The molecule has 11 heteroatoms. The maximum Gasteiger partial charge on any atom is 0.341 e. The van der Waals surface area contributed by atoms with Gasteiger partial charge < -0.3 is 10.1 Å². The van der Waals surface area contributed by atoms with Crippen molar-refractivity contribution in [1.82, 2.24) is 4.31 Å². The Labute approximate surface area is 177 Å². The van der Waals surface area contributed by atoms with E-state index in [0.717, 1.165) is 34.6 Å². The lowest BCUT2D eigenvalue weighted by molar-refractivity contribution is -0.119. The first-order chi connectivity index (χ1) is 14.1. The van der Waals surface area contributed by atoms with Crippen molar-refractivity contribution < 1.29 is 31.5 Å². The summed E-state index contributed by atoms with van der Waals surface area (Å²) < 4.78 is 58.7. The molecule has 1 amide bonds. The van der Waals surface area contributed by atoms with Crippen LogP contribution in [0.5, 0.6) is 0 Å². The minimum atomic E-state index is -3.93. The van der Waals surface area contributed by atoms with Crippen molar-refractivity contribution in [2.75, 3.05) is 25.0 Å². The van der Waals surface area contributed by atoms with Gasteiger partial charge in [-0.15, -0.1) is 0 Å². The zero-order chi connectivity index (χ0) is 22.5. The van der Waals surface area contributed by atoms with E-state index in [1.807, 2.05) is 0 Å². The van der Waals surface area contributed by atoms with Gasteiger partial charge >= 0.3 is 5.97 Å². The average Bonchev–Trinajstić information content (AvgIpc) is 2.69. The number of anilines is 1. The van der Waals surface area contributed by atoms with Crippen LogP contribution in [-0.4, -0.2) is 44.3 Å². The van der Waals surface area contributed by atoms with E-state index in [1.54, 1.807) is 13.8 Å². The molecule has 0 bridgehead atoms. The van der Waals surface area contributed by atoms with Gasteiger partial charge in [-0.3, -0.25) is 4.79 Å². The number of rotatable bonds is 8. The predicted octanol–water partition coefficient (Wildman–Crippen LogP) is 3.44. The number of carbonyl (C=O) groups is 2. The number of hydrogen-bond acceptors (Lipinski definition) is 5. The van der Waals surface area contributed by atoms with Crippen molar-refractivity contribution in [3.05, 3.63) is 58.6 Å². The van der Waals surface area contributed by atoms with Gasteiger partial charge in [-0.2, -0.15) is 4.31 Å². The monoisotopic (exact) mass is 460 g/mol. The molecule has 2 rings (SSSR count).